The first-order valence-electron chi connectivity index (χ1n) is 11.2. The lowest BCUT2D eigenvalue weighted by molar-refractivity contribution is -0.136. The number of carbonyl (C=O) groups is 1. The first kappa shape index (κ1) is 23.6. The Morgan fingerprint density at radius 2 is 1.68 bits per heavy atom. The number of thioether (sulfide) groups is 1. The van der Waals surface area contributed by atoms with Gasteiger partial charge in [0.1, 0.15) is 23.4 Å². The number of para-hydroxylation sites is 3. The van der Waals surface area contributed by atoms with Crippen LogP contribution in [0.5, 0.6) is 11.5 Å². The van der Waals surface area contributed by atoms with E-state index in [4.69, 9.17) is 9.47 Å². The van der Waals surface area contributed by atoms with Crippen LogP contribution in [0, 0.1) is 0 Å². The summed E-state index contributed by atoms with van der Waals surface area (Å²) < 4.78 is 12.0. The van der Waals surface area contributed by atoms with Crippen molar-refractivity contribution in [2.24, 2.45) is 0 Å². The van der Waals surface area contributed by atoms with Crippen LogP contribution in [0.15, 0.2) is 90.0 Å². The highest BCUT2D eigenvalue weighted by Gasteiger charge is 2.23. The molecule has 1 N–H and O–H groups in total. The Kier molecular flexibility index (Phi) is 7.70. The molecule has 0 fully saturated rings. The summed E-state index contributed by atoms with van der Waals surface area (Å²) in [6.07, 6.45) is 2.14. The fourth-order valence-corrected chi connectivity index (χ4v) is 4.66. The van der Waals surface area contributed by atoms with Crippen molar-refractivity contribution in [3.8, 4) is 11.5 Å². The second-order valence-electron chi connectivity index (χ2n) is 8.19. The van der Waals surface area contributed by atoms with E-state index in [-0.39, 0.29) is 6.10 Å². The normalized spacial score (nSPS) is 12.0. The molecule has 4 aromatic rings. The number of ether oxygens (including phenoxy) is 2. The highest BCUT2D eigenvalue weighted by molar-refractivity contribution is 8.00. The molecule has 34 heavy (non-hydrogen) atoms. The number of aliphatic carboxylic acids is 1. The molecular formula is C28H27NO4S. The minimum atomic E-state index is -0.877. The van der Waals surface area contributed by atoms with E-state index < -0.39 is 11.2 Å². The van der Waals surface area contributed by atoms with Gasteiger partial charge in [-0.2, -0.15) is 0 Å². The summed E-state index contributed by atoms with van der Waals surface area (Å²) in [5.41, 5.74) is 2.74. The van der Waals surface area contributed by atoms with Crippen LogP contribution in [0.4, 0.5) is 0 Å². The molecule has 0 aliphatic rings. The predicted molar refractivity (Wildman–Crippen MR) is 136 cm³/mol. The van der Waals surface area contributed by atoms with Gasteiger partial charge in [-0.1, -0.05) is 48.5 Å². The largest absolute Gasteiger partial charge is 0.490 e. The van der Waals surface area contributed by atoms with Crippen LogP contribution in [0.3, 0.4) is 0 Å². The van der Waals surface area contributed by atoms with Gasteiger partial charge in [0.05, 0.1) is 16.5 Å². The maximum atomic E-state index is 12.1. The van der Waals surface area contributed by atoms with Crippen molar-refractivity contribution in [1.82, 2.24) is 4.98 Å². The Hall–Kier alpha value is -3.51. The molecule has 6 heteroatoms. The number of benzene rings is 3. The van der Waals surface area contributed by atoms with Gasteiger partial charge >= 0.3 is 5.97 Å². The van der Waals surface area contributed by atoms with Crippen molar-refractivity contribution in [3.63, 3.8) is 0 Å². The number of carboxylic acid groups (broad SMARTS) is 1. The quantitative estimate of drug-likeness (QED) is 0.269. The van der Waals surface area contributed by atoms with Crippen molar-refractivity contribution >= 4 is 28.6 Å². The second-order valence-corrected chi connectivity index (χ2v) is 9.44. The van der Waals surface area contributed by atoms with Crippen LogP contribution in [0.25, 0.3) is 10.9 Å². The minimum Gasteiger partial charge on any atom is -0.490 e. The number of aromatic nitrogens is 1. The maximum absolute atomic E-state index is 12.1. The van der Waals surface area contributed by atoms with Gasteiger partial charge < -0.3 is 14.6 Å². The molecule has 4 rings (SSSR count). The van der Waals surface area contributed by atoms with E-state index in [1.54, 1.807) is 0 Å². The summed E-state index contributed by atoms with van der Waals surface area (Å²) in [5.74, 6) is 0.495. The van der Waals surface area contributed by atoms with Gasteiger partial charge in [-0.05, 0) is 56.2 Å². The number of rotatable bonds is 10. The minimum absolute atomic E-state index is 0.00347. The van der Waals surface area contributed by atoms with E-state index in [2.05, 4.69) is 11.1 Å². The Morgan fingerprint density at radius 3 is 2.47 bits per heavy atom. The smallest absolute Gasteiger partial charge is 0.317 e. The monoisotopic (exact) mass is 473 g/mol. The number of hydrogen-bond donors (Lipinski definition) is 1. The van der Waals surface area contributed by atoms with Gasteiger partial charge in [0.25, 0.3) is 0 Å². The van der Waals surface area contributed by atoms with Gasteiger partial charge in [0, 0.05) is 17.1 Å². The van der Waals surface area contributed by atoms with Gasteiger partial charge in [-0.25, -0.2) is 0 Å². The lowest BCUT2D eigenvalue weighted by atomic mass is 10.1. The molecule has 0 saturated carbocycles. The van der Waals surface area contributed by atoms with E-state index >= 15 is 0 Å². The summed E-state index contributed by atoms with van der Waals surface area (Å²) >= 11 is 1.29. The van der Waals surface area contributed by atoms with E-state index in [0.29, 0.717) is 24.5 Å². The molecule has 0 amide bonds. The van der Waals surface area contributed by atoms with Crippen molar-refractivity contribution in [2.75, 3.05) is 0 Å². The Labute approximate surface area is 203 Å². The van der Waals surface area contributed by atoms with Gasteiger partial charge in [-0.15, -0.1) is 11.8 Å². The molecule has 1 atom stereocenters. The SMILES string of the molecule is CC(C)Oc1ccccc1SC(Cc1ccccc1OCc1cnc2ccccc2c1)C(=O)O. The molecule has 0 spiro atoms. The second kappa shape index (κ2) is 11.1. The van der Waals surface area contributed by atoms with Crippen molar-refractivity contribution in [3.05, 3.63) is 96.2 Å². The van der Waals surface area contributed by atoms with Gasteiger partial charge in [0.2, 0.25) is 0 Å². The fourth-order valence-electron chi connectivity index (χ4n) is 3.60. The zero-order valence-electron chi connectivity index (χ0n) is 19.2. The standard InChI is InChI=1S/C28H27NO4S/c1-19(2)33-25-13-7-8-14-26(25)34-27(28(30)31)16-22-10-4-6-12-24(22)32-18-20-15-21-9-3-5-11-23(21)29-17-20/h3-15,17,19,27H,16,18H2,1-2H3,(H,30,31). The third kappa shape index (κ3) is 6.08. The summed E-state index contributed by atoms with van der Waals surface area (Å²) in [5, 5.41) is 10.3. The highest BCUT2D eigenvalue weighted by atomic mass is 32.2. The summed E-state index contributed by atoms with van der Waals surface area (Å²) in [6, 6.07) is 25.2. The van der Waals surface area contributed by atoms with Crippen LogP contribution >= 0.6 is 11.8 Å². The Balaban J connectivity index is 1.50. The summed E-state index contributed by atoms with van der Waals surface area (Å²) in [7, 11) is 0. The molecule has 1 aromatic heterocycles. The van der Waals surface area contributed by atoms with E-state index in [0.717, 1.165) is 26.9 Å². The lowest BCUT2D eigenvalue weighted by Gasteiger charge is -2.18. The average molecular weight is 474 g/mol. The molecule has 0 aliphatic heterocycles. The van der Waals surface area contributed by atoms with Crippen LogP contribution in [-0.4, -0.2) is 27.4 Å². The summed E-state index contributed by atoms with van der Waals surface area (Å²) in [6.45, 7) is 4.26. The molecule has 1 heterocycles. The Bertz CT molecular complexity index is 1270. The number of fused-ring (bicyclic) bond motifs is 1. The molecule has 174 valence electrons. The zero-order valence-corrected chi connectivity index (χ0v) is 20.0. The van der Waals surface area contributed by atoms with Gasteiger partial charge in [0.15, 0.2) is 0 Å². The first-order valence-corrected chi connectivity index (χ1v) is 12.1. The fraction of sp³-hybridized carbons (Fsp3) is 0.214. The van der Waals surface area contributed by atoms with E-state index in [9.17, 15) is 9.90 Å². The first-order chi connectivity index (χ1) is 16.5. The number of nitrogens with zero attached hydrogens (tertiary/aromatic N) is 1. The lowest BCUT2D eigenvalue weighted by Crippen LogP contribution is -2.20. The highest BCUT2D eigenvalue weighted by Crippen LogP contribution is 2.35. The molecule has 5 nitrogen and oxygen atoms in total. The van der Waals surface area contributed by atoms with Crippen LogP contribution in [0.2, 0.25) is 0 Å². The van der Waals surface area contributed by atoms with Crippen molar-refractivity contribution in [2.45, 2.75) is 43.1 Å². The zero-order chi connectivity index (χ0) is 23.9. The van der Waals surface area contributed by atoms with Crippen LogP contribution < -0.4 is 9.47 Å². The van der Waals surface area contributed by atoms with Crippen LogP contribution in [0.1, 0.15) is 25.0 Å². The Morgan fingerprint density at radius 1 is 0.971 bits per heavy atom. The third-order valence-electron chi connectivity index (χ3n) is 5.18. The van der Waals surface area contributed by atoms with Crippen LogP contribution in [-0.2, 0) is 17.8 Å². The molecule has 0 aliphatic carbocycles. The number of carboxylic acids is 1. The van der Waals surface area contributed by atoms with Crippen molar-refractivity contribution < 1.29 is 19.4 Å². The molecule has 3 aromatic carbocycles. The molecule has 1 unspecified atom stereocenters. The number of hydrogen-bond acceptors (Lipinski definition) is 5. The number of pyridine rings is 1. The van der Waals surface area contributed by atoms with Crippen molar-refractivity contribution in [1.29, 1.82) is 0 Å². The van der Waals surface area contributed by atoms with E-state index in [1.165, 1.54) is 11.8 Å². The molecule has 0 bridgehead atoms. The topological polar surface area (TPSA) is 68.7 Å². The summed E-state index contributed by atoms with van der Waals surface area (Å²) in [4.78, 5) is 17.4. The average Bonchev–Trinajstić information content (AvgIpc) is 2.83. The molecule has 0 saturated heterocycles. The van der Waals surface area contributed by atoms with E-state index in [1.807, 2.05) is 92.8 Å². The predicted octanol–water partition coefficient (Wildman–Crippen LogP) is 6.39. The molecule has 0 radical (unpaired) electrons. The molecular weight excluding hydrogens is 446 g/mol. The third-order valence-corrected chi connectivity index (χ3v) is 6.42. The van der Waals surface area contributed by atoms with Gasteiger partial charge in [-0.3, -0.25) is 9.78 Å². The maximum Gasteiger partial charge on any atom is 0.317 e.